The van der Waals surface area contributed by atoms with E-state index in [1.54, 1.807) is 23.5 Å². The molecule has 0 amide bonds. The van der Waals surface area contributed by atoms with E-state index in [9.17, 15) is 4.79 Å². The van der Waals surface area contributed by atoms with Crippen molar-refractivity contribution in [2.75, 3.05) is 11.1 Å². The van der Waals surface area contributed by atoms with Gasteiger partial charge in [0.1, 0.15) is 5.01 Å². The molecular formula is C12H12N4O2S. The Hall–Kier alpha value is -2.28. The Bertz CT molecular complexity index is 786. The standard InChI is InChI=1S/C12H12N4O2S/c1-6-4-15-11(19-6)5-14-8-3-9-10(2-7(8)13)18-12(17)16-9/h2-4,14H,5,13H2,1H3,(H,16,17). The van der Waals surface area contributed by atoms with Crippen molar-refractivity contribution < 1.29 is 4.42 Å². The SMILES string of the molecule is Cc1cnc(CNc2cc3[nH]c(=O)oc3cc2N)s1. The van der Waals surface area contributed by atoms with E-state index in [4.69, 9.17) is 10.2 Å². The summed E-state index contributed by atoms with van der Waals surface area (Å²) in [6, 6.07) is 3.39. The van der Waals surface area contributed by atoms with E-state index < -0.39 is 5.76 Å². The largest absolute Gasteiger partial charge is 0.417 e. The number of H-pyrrole nitrogens is 1. The Morgan fingerprint density at radius 3 is 3.11 bits per heavy atom. The van der Waals surface area contributed by atoms with E-state index in [-0.39, 0.29) is 0 Å². The maximum atomic E-state index is 11.1. The Morgan fingerprint density at radius 2 is 2.37 bits per heavy atom. The third kappa shape index (κ3) is 2.32. The van der Waals surface area contributed by atoms with E-state index in [1.807, 2.05) is 13.1 Å². The van der Waals surface area contributed by atoms with Crippen molar-refractivity contribution in [3.8, 4) is 0 Å². The molecule has 2 aromatic heterocycles. The molecule has 0 saturated carbocycles. The molecule has 0 radical (unpaired) electrons. The molecule has 19 heavy (non-hydrogen) atoms. The van der Waals surface area contributed by atoms with Gasteiger partial charge in [-0.1, -0.05) is 0 Å². The van der Waals surface area contributed by atoms with Gasteiger partial charge >= 0.3 is 5.76 Å². The van der Waals surface area contributed by atoms with Gasteiger partial charge in [-0.3, -0.25) is 4.98 Å². The lowest BCUT2D eigenvalue weighted by Gasteiger charge is -2.07. The molecule has 0 aliphatic carbocycles. The summed E-state index contributed by atoms with van der Waals surface area (Å²) in [5.74, 6) is -0.484. The number of anilines is 2. The molecule has 3 rings (SSSR count). The molecule has 6 nitrogen and oxygen atoms in total. The Labute approximate surface area is 112 Å². The van der Waals surface area contributed by atoms with Crippen molar-refractivity contribution in [1.29, 1.82) is 0 Å². The molecule has 7 heteroatoms. The van der Waals surface area contributed by atoms with Gasteiger partial charge in [0.25, 0.3) is 0 Å². The van der Waals surface area contributed by atoms with Gasteiger partial charge in [0.05, 0.1) is 23.4 Å². The predicted molar refractivity (Wildman–Crippen MR) is 75.4 cm³/mol. The van der Waals surface area contributed by atoms with Crippen molar-refractivity contribution in [2.24, 2.45) is 0 Å². The second kappa shape index (κ2) is 4.43. The van der Waals surface area contributed by atoms with Crippen molar-refractivity contribution in [3.63, 3.8) is 0 Å². The van der Waals surface area contributed by atoms with Crippen LogP contribution in [0.15, 0.2) is 27.5 Å². The number of nitrogens with zero attached hydrogens (tertiary/aromatic N) is 1. The van der Waals surface area contributed by atoms with Crippen molar-refractivity contribution in [3.05, 3.63) is 38.8 Å². The minimum Gasteiger partial charge on any atom is -0.408 e. The summed E-state index contributed by atoms with van der Waals surface area (Å²) >= 11 is 1.63. The number of benzene rings is 1. The molecule has 0 saturated heterocycles. The smallest absolute Gasteiger partial charge is 0.408 e. The predicted octanol–water partition coefficient (Wildman–Crippen LogP) is 2.08. The van der Waals surface area contributed by atoms with E-state index in [0.717, 1.165) is 10.7 Å². The summed E-state index contributed by atoms with van der Waals surface area (Å²) in [5.41, 5.74) is 8.27. The van der Waals surface area contributed by atoms with Crippen LogP contribution in [0.1, 0.15) is 9.88 Å². The molecule has 1 aromatic carbocycles. The van der Waals surface area contributed by atoms with Crippen molar-refractivity contribution in [2.45, 2.75) is 13.5 Å². The zero-order valence-electron chi connectivity index (χ0n) is 10.2. The molecule has 0 bridgehead atoms. The van der Waals surface area contributed by atoms with Gasteiger partial charge in [0.2, 0.25) is 0 Å². The number of oxazole rings is 1. The molecule has 0 spiro atoms. The van der Waals surface area contributed by atoms with Crippen LogP contribution in [0.3, 0.4) is 0 Å². The topological polar surface area (TPSA) is 96.9 Å². The number of nitrogens with one attached hydrogen (secondary N) is 2. The summed E-state index contributed by atoms with van der Waals surface area (Å²) in [6.45, 7) is 2.61. The molecule has 0 aliphatic rings. The Balaban J connectivity index is 1.87. The second-order valence-corrected chi connectivity index (χ2v) is 5.49. The fourth-order valence-corrected chi connectivity index (χ4v) is 2.55. The Morgan fingerprint density at radius 1 is 1.53 bits per heavy atom. The highest BCUT2D eigenvalue weighted by atomic mass is 32.1. The van der Waals surface area contributed by atoms with E-state index in [2.05, 4.69) is 15.3 Å². The number of hydrogen-bond acceptors (Lipinski definition) is 6. The number of aryl methyl sites for hydroxylation is 1. The van der Waals surface area contributed by atoms with Gasteiger partial charge < -0.3 is 15.5 Å². The van der Waals surface area contributed by atoms with Crippen LogP contribution in [0.4, 0.5) is 11.4 Å². The van der Waals surface area contributed by atoms with Gasteiger partial charge in [-0.2, -0.15) is 0 Å². The quantitative estimate of drug-likeness (QED) is 0.636. The highest BCUT2D eigenvalue weighted by Gasteiger charge is 2.07. The zero-order valence-corrected chi connectivity index (χ0v) is 11.0. The van der Waals surface area contributed by atoms with Crippen LogP contribution in [0.2, 0.25) is 0 Å². The molecular weight excluding hydrogens is 264 g/mol. The summed E-state index contributed by atoms with van der Waals surface area (Å²) in [5, 5.41) is 4.19. The highest BCUT2D eigenvalue weighted by Crippen LogP contribution is 2.25. The lowest BCUT2D eigenvalue weighted by molar-refractivity contribution is 0.555. The van der Waals surface area contributed by atoms with Crippen LogP contribution >= 0.6 is 11.3 Å². The van der Waals surface area contributed by atoms with Crippen LogP contribution in [0.5, 0.6) is 0 Å². The first-order valence-electron chi connectivity index (χ1n) is 5.69. The highest BCUT2D eigenvalue weighted by molar-refractivity contribution is 7.11. The van der Waals surface area contributed by atoms with Crippen molar-refractivity contribution >= 4 is 33.8 Å². The van der Waals surface area contributed by atoms with E-state index in [1.165, 1.54) is 4.88 Å². The van der Waals surface area contributed by atoms with Crippen LogP contribution < -0.4 is 16.8 Å². The average molecular weight is 276 g/mol. The fraction of sp³-hybridized carbons (Fsp3) is 0.167. The summed E-state index contributed by atoms with van der Waals surface area (Å²) < 4.78 is 4.94. The number of hydrogen-bond donors (Lipinski definition) is 3. The fourth-order valence-electron chi connectivity index (χ4n) is 1.82. The monoisotopic (exact) mass is 276 g/mol. The summed E-state index contributed by atoms with van der Waals surface area (Å²) in [4.78, 5) is 19.1. The van der Waals surface area contributed by atoms with Crippen molar-refractivity contribution in [1.82, 2.24) is 9.97 Å². The van der Waals surface area contributed by atoms with E-state index >= 15 is 0 Å². The molecule has 0 aliphatic heterocycles. The van der Waals surface area contributed by atoms with Gasteiger partial charge in [0, 0.05) is 17.1 Å². The minimum absolute atomic E-state index is 0.457. The number of thiazole rings is 1. The molecule has 0 unspecified atom stereocenters. The zero-order chi connectivity index (χ0) is 13.4. The van der Waals surface area contributed by atoms with Gasteiger partial charge in [-0.05, 0) is 13.0 Å². The number of fused-ring (bicyclic) bond motifs is 1. The first-order chi connectivity index (χ1) is 9.11. The summed E-state index contributed by atoms with van der Waals surface area (Å²) in [7, 11) is 0. The van der Waals surface area contributed by atoms with Gasteiger partial charge in [0.15, 0.2) is 5.58 Å². The van der Waals surface area contributed by atoms with Gasteiger partial charge in [-0.25, -0.2) is 9.78 Å². The number of aromatic amines is 1. The Kier molecular flexibility index (Phi) is 2.75. The molecule has 3 aromatic rings. The average Bonchev–Trinajstić information content (AvgIpc) is 2.91. The van der Waals surface area contributed by atoms with Crippen LogP contribution in [0, 0.1) is 6.92 Å². The molecule has 4 N–H and O–H groups in total. The van der Waals surface area contributed by atoms with Gasteiger partial charge in [-0.15, -0.1) is 11.3 Å². The molecule has 0 fully saturated rings. The first kappa shape index (κ1) is 11.8. The molecule has 98 valence electrons. The number of aromatic nitrogens is 2. The van der Waals surface area contributed by atoms with Crippen LogP contribution in [0.25, 0.3) is 11.1 Å². The molecule has 2 heterocycles. The molecule has 0 atom stereocenters. The lowest BCUT2D eigenvalue weighted by Crippen LogP contribution is -2.02. The van der Waals surface area contributed by atoms with Crippen LogP contribution in [-0.2, 0) is 6.54 Å². The number of nitrogen functional groups attached to an aromatic ring is 1. The first-order valence-corrected chi connectivity index (χ1v) is 6.51. The maximum absolute atomic E-state index is 11.1. The minimum atomic E-state index is -0.484. The summed E-state index contributed by atoms with van der Waals surface area (Å²) in [6.07, 6.45) is 1.84. The lowest BCUT2D eigenvalue weighted by atomic mass is 10.2. The normalized spacial score (nSPS) is 11.0. The second-order valence-electron chi connectivity index (χ2n) is 4.17. The van der Waals surface area contributed by atoms with Crippen LogP contribution in [-0.4, -0.2) is 9.97 Å². The number of nitrogens with two attached hydrogens (primary N) is 1. The number of rotatable bonds is 3. The maximum Gasteiger partial charge on any atom is 0.417 e. The van der Waals surface area contributed by atoms with E-state index in [0.29, 0.717) is 23.3 Å². The third-order valence-electron chi connectivity index (χ3n) is 2.69. The third-order valence-corrected chi connectivity index (χ3v) is 3.60.